The van der Waals surface area contributed by atoms with Gasteiger partial charge in [0.15, 0.2) is 0 Å². The normalized spacial score (nSPS) is 35.4. The first kappa shape index (κ1) is 14.2. The van der Waals surface area contributed by atoms with Crippen molar-refractivity contribution in [1.29, 1.82) is 0 Å². The van der Waals surface area contributed by atoms with Gasteiger partial charge in [0.05, 0.1) is 5.60 Å². The summed E-state index contributed by atoms with van der Waals surface area (Å²) in [4.78, 5) is 0. The van der Waals surface area contributed by atoms with Gasteiger partial charge in [-0.25, -0.2) is 0 Å². The minimum atomic E-state index is 0.258. The van der Waals surface area contributed by atoms with Crippen LogP contribution >= 0.6 is 11.8 Å². The lowest BCUT2D eigenvalue weighted by atomic mass is 9.78. The minimum Gasteiger partial charge on any atom is -0.375 e. The quantitative estimate of drug-likeness (QED) is 0.852. The predicted molar refractivity (Wildman–Crippen MR) is 82.9 cm³/mol. The first-order chi connectivity index (χ1) is 9.36. The van der Waals surface area contributed by atoms with Gasteiger partial charge < -0.3 is 10.1 Å². The largest absolute Gasteiger partial charge is 0.375 e. The molecule has 3 rings (SSSR count). The zero-order valence-corrected chi connectivity index (χ0v) is 13.0. The molecule has 3 heteroatoms. The lowest BCUT2D eigenvalue weighted by Crippen LogP contribution is -2.49. The third-order valence-corrected chi connectivity index (χ3v) is 6.56. The molecule has 2 atom stereocenters. The van der Waals surface area contributed by atoms with E-state index in [1.165, 1.54) is 76.5 Å². The summed E-state index contributed by atoms with van der Waals surface area (Å²) >= 11 is 2.19. The minimum absolute atomic E-state index is 0.258. The van der Waals surface area contributed by atoms with E-state index in [-0.39, 0.29) is 5.60 Å². The first-order valence-electron chi connectivity index (χ1n) is 8.35. The molecule has 2 heterocycles. The summed E-state index contributed by atoms with van der Waals surface area (Å²) in [6.45, 7) is 2.21. The number of rotatable bonds is 3. The Morgan fingerprint density at radius 1 is 1.05 bits per heavy atom. The molecule has 0 aromatic heterocycles. The van der Waals surface area contributed by atoms with Crippen LogP contribution in [0.4, 0.5) is 0 Å². The molecule has 110 valence electrons. The smallest absolute Gasteiger partial charge is 0.0697 e. The van der Waals surface area contributed by atoms with Crippen molar-refractivity contribution < 1.29 is 4.74 Å². The van der Waals surface area contributed by atoms with Crippen molar-refractivity contribution >= 4 is 11.8 Å². The molecule has 3 fully saturated rings. The van der Waals surface area contributed by atoms with Gasteiger partial charge in [0.1, 0.15) is 0 Å². The van der Waals surface area contributed by atoms with E-state index in [2.05, 4.69) is 17.1 Å². The predicted octanol–water partition coefficient (Wildman–Crippen LogP) is 3.74. The molecule has 2 nitrogen and oxygen atoms in total. The van der Waals surface area contributed by atoms with Crippen LogP contribution in [0.15, 0.2) is 0 Å². The fourth-order valence-corrected chi connectivity index (χ4v) is 5.26. The number of hydrogen-bond donors (Lipinski definition) is 1. The highest BCUT2D eigenvalue weighted by atomic mass is 32.2. The maximum Gasteiger partial charge on any atom is 0.0697 e. The van der Waals surface area contributed by atoms with E-state index < -0.39 is 0 Å². The van der Waals surface area contributed by atoms with Crippen LogP contribution in [0, 0.1) is 0 Å². The van der Waals surface area contributed by atoms with Crippen molar-refractivity contribution in [3.05, 3.63) is 0 Å². The zero-order chi connectivity index (χ0) is 13.0. The standard InChI is InChI=1S/C16H29NOS/c1-3-8-16(9-4-1)12-14(7-10-18-16)17-13-15-6-2-5-11-19-15/h14-15,17H,1-13H2. The summed E-state index contributed by atoms with van der Waals surface area (Å²) in [7, 11) is 0. The summed E-state index contributed by atoms with van der Waals surface area (Å²) in [6.07, 6.45) is 13.6. The SMILES string of the molecule is C1CCC2(CC1)CC(NCC1CCCCS1)CCO2. The highest BCUT2D eigenvalue weighted by molar-refractivity contribution is 7.99. The Kier molecular flexibility index (Phi) is 5.10. The van der Waals surface area contributed by atoms with Crippen molar-refractivity contribution in [3.63, 3.8) is 0 Å². The molecule has 0 amide bonds. The lowest BCUT2D eigenvalue weighted by molar-refractivity contribution is -0.109. The Morgan fingerprint density at radius 2 is 1.95 bits per heavy atom. The van der Waals surface area contributed by atoms with Crippen LogP contribution in [0.5, 0.6) is 0 Å². The van der Waals surface area contributed by atoms with Crippen LogP contribution < -0.4 is 5.32 Å². The van der Waals surface area contributed by atoms with E-state index in [9.17, 15) is 0 Å². The van der Waals surface area contributed by atoms with Crippen LogP contribution in [-0.4, -0.2) is 35.8 Å². The molecule has 1 aliphatic carbocycles. The summed E-state index contributed by atoms with van der Waals surface area (Å²) in [5, 5.41) is 4.74. The third kappa shape index (κ3) is 3.89. The van der Waals surface area contributed by atoms with E-state index >= 15 is 0 Å². The van der Waals surface area contributed by atoms with E-state index in [4.69, 9.17) is 4.74 Å². The van der Waals surface area contributed by atoms with E-state index in [1.807, 2.05) is 0 Å². The average Bonchev–Trinajstić information content (AvgIpc) is 2.47. The van der Waals surface area contributed by atoms with Crippen LogP contribution in [0.1, 0.15) is 64.2 Å². The number of nitrogens with one attached hydrogen (secondary N) is 1. The summed E-state index contributed by atoms with van der Waals surface area (Å²) in [6, 6.07) is 0.717. The van der Waals surface area contributed by atoms with Crippen LogP contribution in [0.25, 0.3) is 0 Å². The molecule has 19 heavy (non-hydrogen) atoms. The Balaban J connectivity index is 1.45. The molecule has 0 aromatic carbocycles. The van der Waals surface area contributed by atoms with Crippen LogP contribution in [0.3, 0.4) is 0 Å². The maximum absolute atomic E-state index is 6.18. The monoisotopic (exact) mass is 283 g/mol. The summed E-state index contributed by atoms with van der Waals surface area (Å²) in [5.41, 5.74) is 0.258. The fourth-order valence-electron chi connectivity index (χ4n) is 4.01. The molecule has 1 spiro atoms. The number of hydrogen-bond acceptors (Lipinski definition) is 3. The lowest BCUT2D eigenvalue weighted by Gasteiger charge is -2.44. The summed E-state index contributed by atoms with van der Waals surface area (Å²) in [5.74, 6) is 1.38. The maximum atomic E-state index is 6.18. The van der Waals surface area contributed by atoms with Gasteiger partial charge in [-0.15, -0.1) is 0 Å². The molecule has 2 saturated heterocycles. The molecule has 0 bridgehead atoms. The second-order valence-corrected chi connectivity index (χ2v) is 8.09. The Labute approximate surface area is 122 Å². The van der Waals surface area contributed by atoms with Crippen molar-refractivity contribution in [2.75, 3.05) is 18.9 Å². The van der Waals surface area contributed by atoms with Gasteiger partial charge in [-0.3, -0.25) is 0 Å². The average molecular weight is 283 g/mol. The molecule has 1 N–H and O–H groups in total. The molecular weight excluding hydrogens is 254 g/mol. The van der Waals surface area contributed by atoms with E-state index in [1.54, 1.807) is 0 Å². The van der Waals surface area contributed by atoms with Gasteiger partial charge in [0, 0.05) is 24.4 Å². The molecule has 0 aromatic rings. The Hall–Kier alpha value is 0.270. The van der Waals surface area contributed by atoms with Gasteiger partial charge in [-0.05, 0) is 44.3 Å². The third-order valence-electron chi connectivity index (χ3n) is 5.17. The van der Waals surface area contributed by atoms with Crippen molar-refractivity contribution in [1.82, 2.24) is 5.32 Å². The summed E-state index contributed by atoms with van der Waals surface area (Å²) < 4.78 is 6.18. The van der Waals surface area contributed by atoms with Gasteiger partial charge in [-0.1, -0.05) is 25.7 Å². The van der Waals surface area contributed by atoms with E-state index in [0.717, 1.165) is 17.9 Å². The molecule has 3 aliphatic rings. The number of ether oxygens (including phenoxy) is 1. The molecule has 2 aliphatic heterocycles. The second-order valence-electron chi connectivity index (χ2n) is 6.68. The van der Waals surface area contributed by atoms with Gasteiger partial charge in [0.25, 0.3) is 0 Å². The van der Waals surface area contributed by atoms with E-state index in [0.29, 0.717) is 0 Å². The zero-order valence-electron chi connectivity index (χ0n) is 12.2. The topological polar surface area (TPSA) is 21.3 Å². The molecule has 0 radical (unpaired) electrons. The van der Waals surface area contributed by atoms with Crippen molar-refractivity contribution in [3.8, 4) is 0 Å². The highest BCUT2D eigenvalue weighted by Gasteiger charge is 2.38. The van der Waals surface area contributed by atoms with Gasteiger partial charge >= 0.3 is 0 Å². The molecule has 2 unspecified atom stereocenters. The van der Waals surface area contributed by atoms with Gasteiger partial charge in [-0.2, -0.15) is 11.8 Å². The Bertz CT molecular complexity index is 266. The number of thioether (sulfide) groups is 1. The second kappa shape index (κ2) is 6.82. The molecular formula is C16H29NOS. The van der Waals surface area contributed by atoms with Crippen LogP contribution in [0.2, 0.25) is 0 Å². The molecule has 1 saturated carbocycles. The Morgan fingerprint density at radius 3 is 2.74 bits per heavy atom. The van der Waals surface area contributed by atoms with Crippen LogP contribution in [-0.2, 0) is 4.74 Å². The van der Waals surface area contributed by atoms with Crippen molar-refractivity contribution in [2.45, 2.75) is 81.1 Å². The highest BCUT2D eigenvalue weighted by Crippen LogP contribution is 2.38. The first-order valence-corrected chi connectivity index (χ1v) is 9.40. The van der Waals surface area contributed by atoms with Crippen molar-refractivity contribution in [2.24, 2.45) is 0 Å². The van der Waals surface area contributed by atoms with Gasteiger partial charge in [0.2, 0.25) is 0 Å². The fraction of sp³-hybridized carbons (Fsp3) is 1.00.